The molecule has 0 amide bonds. The van der Waals surface area contributed by atoms with Gasteiger partial charge in [0.15, 0.2) is 5.82 Å². The molecule has 0 radical (unpaired) electrons. The standard InChI is InChI=1S/C16H24ClN7O3S/c1-28(26,27)24-5-3-2-4-13(24)9-18-15-14(17)10-19-16(22-15)21-12-8-20-23(11-12)6-7-25/h8,10-11,13,25H,2-7,9H2,1H3,(H2,18,19,21,22)/t13-/m1/s1. The maximum atomic E-state index is 12.0. The molecule has 1 aliphatic heterocycles. The minimum absolute atomic E-state index is 0.00169. The van der Waals surface area contributed by atoms with Gasteiger partial charge in [0, 0.05) is 25.3 Å². The fraction of sp³-hybridized carbons (Fsp3) is 0.562. The third-order valence-electron chi connectivity index (χ3n) is 4.47. The second kappa shape index (κ2) is 9.03. The molecule has 0 saturated carbocycles. The number of rotatable bonds is 8. The van der Waals surface area contributed by atoms with Gasteiger partial charge in [0.25, 0.3) is 0 Å². The number of sulfonamides is 1. The van der Waals surface area contributed by atoms with Gasteiger partial charge in [-0.2, -0.15) is 14.4 Å². The first-order valence-corrected chi connectivity index (χ1v) is 11.2. The van der Waals surface area contributed by atoms with Crippen LogP contribution in [0.5, 0.6) is 0 Å². The van der Waals surface area contributed by atoms with Gasteiger partial charge in [-0.15, -0.1) is 0 Å². The van der Waals surface area contributed by atoms with Gasteiger partial charge in [0.05, 0.1) is 37.5 Å². The van der Waals surface area contributed by atoms with E-state index in [1.807, 2.05) is 0 Å². The van der Waals surface area contributed by atoms with E-state index in [0.29, 0.717) is 42.1 Å². The Bertz CT molecular complexity index is 905. The first-order valence-electron chi connectivity index (χ1n) is 9.00. The van der Waals surface area contributed by atoms with E-state index in [-0.39, 0.29) is 12.6 Å². The molecule has 2 aromatic heterocycles. The van der Waals surface area contributed by atoms with Crippen molar-refractivity contribution in [2.24, 2.45) is 0 Å². The molecule has 0 aromatic carbocycles. The summed E-state index contributed by atoms with van der Waals surface area (Å²) >= 11 is 6.20. The summed E-state index contributed by atoms with van der Waals surface area (Å²) in [5.41, 5.74) is 0.678. The van der Waals surface area contributed by atoms with Crippen molar-refractivity contribution in [2.45, 2.75) is 31.8 Å². The van der Waals surface area contributed by atoms with Crippen molar-refractivity contribution in [2.75, 3.05) is 36.6 Å². The van der Waals surface area contributed by atoms with Gasteiger partial charge >= 0.3 is 0 Å². The summed E-state index contributed by atoms with van der Waals surface area (Å²) in [6.07, 6.45) is 8.70. The van der Waals surface area contributed by atoms with Crippen molar-refractivity contribution in [3.8, 4) is 0 Å². The molecule has 10 nitrogen and oxygen atoms in total. The largest absolute Gasteiger partial charge is 0.394 e. The molecule has 3 N–H and O–H groups in total. The first kappa shape index (κ1) is 20.8. The van der Waals surface area contributed by atoms with Crippen LogP contribution in [0.4, 0.5) is 17.5 Å². The number of aliphatic hydroxyl groups excluding tert-OH is 1. The van der Waals surface area contributed by atoms with Crippen LogP contribution < -0.4 is 10.6 Å². The number of aliphatic hydroxyl groups is 1. The number of anilines is 3. The smallest absolute Gasteiger partial charge is 0.229 e. The van der Waals surface area contributed by atoms with E-state index in [9.17, 15) is 8.42 Å². The molecule has 3 heterocycles. The van der Waals surface area contributed by atoms with Gasteiger partial charge in [-0.25, -0.2) is 13.4 Å². The molecular formula is C16H24ClN7O3S. The maximum absolute atomic E-state index is 12.0. The lowest BCUT2D eigenvalue weighted by Gasteiger charge is -2.33. The average Bonchev–Trinajstić information content (AvgIpc) is 3.09. The zero-order valence-electron chi connectivity index (χ0n) is 15.5. The second-order valence-corrected chi connectivity index (χ2v) is 8.98. The summed E-state index contributed by atoms with van der Waals surface area (Å²) in [6.45, 7) is 1.34. The van der Waals surface area contributed by atoms with Crippen LogP contribution in [0.3, 0.4) is 0 Å². The van der Waals surface area contributed by atoms with Crippen molar-refractivity contribution in [3.63, 3.8) is 0 Å². The minimum Gasteiger partial charge on any atom is -0.394 e. The van der Waals surface area contributed by atoms with Crippen LogP contribution in [0.1, 0.15) is 19.3 Å². The number of aromatic nitrogens is 4. The van der Waals surface area contributed by atoms with E-state index in [0.717, 1.165) is 19.3 Å². The Balaban J connectivity index is 1.67. The molecule has 1 aliphatic rings. The Hall–Kier alpha value is -1.95. The molecule has 0 unspecified atom stereocenters. The lowest BCUT2D eigenvalue weighted by Crippen LogP contribution is -2.46. The number of nitrogens with one attached hydrogen (secondary N) is 2. The van der Waals surface area contributed by atoms with Crippen molar-refractivity contribution < 1.29 is 13.5 Å². The SMILES string of the molecule is CS(=O)(=O)N1CCCC[C@@H]1CNc1nc(Nc2cnn(CCO)c2)ncc1Cl. The van der Waals surface area contributed by atoms with E-state index in [1.54, 1.807) is 17.1 Å². The molecule has 1 fully saturated rings. The summed E-state index contributed by atoms with van der Waals surface area (Å²) < 4.78 is 27.1. The number of halogens is 1. The molecule has 3 rings (SSSR count). The lowest BCUT2D eigenvalue weighted by molar-refractivity contribution is 0.263. The van der Waals surface area contributed by atoms with Crippen molar-refractivity contribution in [1.82, 2.24) is 24.1 Å². The molecule has 0 bridgehead atoms. The Morgan fingerprint density at radius 2 is 2.18 bits per heavy atom. The van der Waals surface area contributed by atoms with E-state index in [4.69, 9.17) is 16.7 Å². The molecule has 0 aliphatic carbocycles. The Morgan fingerprint density at radius 1 is 1.36 bits per heavy atom. The summed E-state index contributed by atoms with van der Waals surface area (Å²) in [5, 5.41) is 19.6. The highest BCUT2D eigenvalue weighted by Crippen LogP contribution is 2.24. The molecule has 1 saturated heterocycles. The van der Waals surface area contributed by atoms with E-state index in [2.05, 4.69) is 25.7 Å². The summed E-state index contributed by atoms with van der Waals surface area (Å²) in [6, 6.07) is -0.136. The first-order chi connectivity index (χ1) is 13.4. The fourth-order valence-electron chi connectivity index (χ4n) is 3.16. The summed E-state index contributed by atoms with van der Waals surface area (Å²) in [5.74, 6) is 0.764. The van der Waals surface area contributed by atoms with Crippen molar-refractivity contribution >= 4 is 39.1 Å². The Morgan fingerprint density at radius 3 is 2.93 bits per heavy atom. The highest BCUT2D eigenvalue weighted by Gasteiger charge is 2.29. The normalized spacial score (nSPS) is 18.2. The third-order valence-corrected chi connectivity index (χ3v) is 6.08. The molecule has 2 aromatic rings. The minimum atomic E-state index is -3.25. The number of piperidine rings is 1. The number of hydrogen-bond acceptors (Lipinski definition) is 8. The van der Waals surface area contributed by atoms with E-state index in [1.165, 1.54) is 16.8 Å². The van der Waals surface area contributed by atoms with Gasteiger partial charge in [-0.3, -0.25) is 4.68 Å². The van der Waals surface area contributed by atoms with Gasteiger partial charge in [-0.1, -0.05) is 18.0 Å². The second-order valence-electron chi connectivity index (χ2n) is 6.64. The monoisotopic (exact) mass is 429 g/mol. The zero-order valence-corrected chi connectivity index (χ0v) is 17.1. The number of nitrogens with zero attached hydrogens (tertiary/aromatic N) is 5. The predicted molar refractivity (Wildman–Crippen MR) is 107 cm³/mol. The fourth-order valence-corrected chi connectivity index (χ4v) is 4.50. The van der Waals surface area contributed by atoms with E-state index >= 15 is 0 Å². The molecule has 12 heteroatoms. The molecule has 154 valence electrons. The Labute approximate surface area is 169 Å². The molecule has 28 heavy (non-hydrogen) atoms. The van der Waals surface area contributed by atoms with Gasteiger partial charge in [-0.05, 0) is 12.8 Å². The molecular weight excluding hydrogens is 406 g/mol. The highest BCUT2D eigenvalue weighted by molar-refractivity contribution is 7.88. The summed E-state index contributed by atoms with van der Waals surface area (Å²) in [4.78, 5) is 8.53. The average molecular weight is 430 g/mol. The maximum Gasteiger partial charge on any atom is 0.229 e. The van der Waals surface area contributed by atoms with Crippen LogP contribution in [0, 0.1) is 0 Å². The van der Waals surface area contributed by atoms with E-state index < -0.39 is 10.0 Å². The van der Waals surface area contributed by atoms with Crippen LogP contribution in [-0.2, 0) is 16.6 Å². The number of hydrogen-bond donors (Lipinski definition) is 3. The van der Waals surface area contributed by atoms with Crippen LogP contribution in [0.15, 0.2) is 18.6 Å². The van der Waals surface area contributed by atoms with Gasteiger partial charge < -0.3 is 15.7 Å². The molecule has 1 atom stereocenters. The van der Waals surface area contributed by atoms with Crippen LogP contribution in [0.25, 0.3) is 0 Å². The highest BCUT2D eigenvalue weighted by atomic mass is 35.5. The Kier molecular flexibility index (Phi) is 6.70. The van der Waals surface area contributed by atoms with Crippen molar-refractivity contribution in [1.29, 1.82) is 0 Å². The molecule has 0 spiro atoms. The quantitative estimate of drug-likeness (QED) is 0.573. The van der Waals surface area contributed by atoms with Crippen LogP contribution in [-0.4, -0.2) is 69.6 Å². The van der Waals surface area contributed by atoms with Crippen molar-refractivity contribution in [3.05, 3.63) is 23.6 Å². The lowest BCUT2D eigenvalue weighted by atomic mass is 10.1. The van der Waals surface area contributed by atoms with Gasteiger partial charge in [0.1, 0.15) is 5.02 Å². The van der Waals surface area contributed by atoms with Crippen LogP contribution >= 0.6 is 11.6 Å². The van der Waals surface area contributed by atoms with Crippen LogP contribution in [0.2, 0.25) is 5.02 Å². The topological polar surface area (TPSA) is 125 Å². The predicted octanol–water partition coefficient (Wildman–Crippen LogP) is 1.29. The third kappa shape index (κ3) is 5.31. The summed E-state index contributed by atoms with van der Waals surface area (Å²) in [7, 11) is -3.25. The van der Waals surface area contributed by atoms with Gasteiger partial charge in [0.2, 0.25) is 16.0 Å². The zero-order chi connectivity index (χ0) is 20.1.